The van der Waals surface area contributed by atoms with E-state index in [2.05, 4.69) is 35.0 Å². The monoisotopic (exact) mass is 368 g/mol. The number of aromatic hydroxyl groups is 1. The van der Waals surface area contributed by atoms with Crippen LogP contribution in [0.2, 0.25) is 0 Å². The Morgan fingerprint density at radius 1 is 1.15 bits per heavy atom. The van der Waals surface area contributed by atoms with E-state index < -0.39 is 0 Å². The molecule has 1 aliphatic rings. The molecule has 0 saturated carbocycles. The molecule has 0 bridgehead atoms. The third-order valence-electron chi connectivity index (χ3n) is 4.58. The predicted molar refractivity (Wildman–Crippen MR) is 108 cm³/mol. The molecule has 1 saturated heterocycles. The van der Waals surface area contributed by atoms with Gasteiger partial charge in [-0.25, -0.2) is 0 Å². The number of benzene rings is 2. The molecule has 1 aliphatic heterocycles. The summed E-state index contributed by atoms with van der Waals surface area (Å²) in [7, 11) is 0. The number of ether oxygens (including phenoxy) is 2. The predicted octanol–water partition coefficient (Wildman–Crippen LogP) is 3.63. The molecule has 144 valence electrons. The first kappa shape index (κ1) is 19.4. The van der Waals surface area contributed by atoms with Crippen molar-refractivity contribution in [3.63, 3.8) is 0 Å². The molecule has 2 aromatic rings. The van der Waals surface area contributed by atoms with Crippen LogP contribution in [-0.2, 0) is 17.8 Å². The largest absolute Gasteiger partial charge is 0.507 e. The maximum atomic E-state index is 10.2. The smallest absolute Gasteiger partial charge is 0.128 e. The minimum atomic E-state index is 0.189. The fourth-order valence-electron chi connectivity index (χ4n) is 3.05. The maximum absolute atomic E-state index is 10.2. The van der Waals surface area contributed by atoms with Crippen LogP contribution in [0, 0.1) is 0 Å². The van der Waals surface area contributed by atoms with E-state index in [9.17, 15) is 5.11 Å². The Balaban J connectivity index is 1.62. The summed E-state index contributed by atoms with van der Waals surface area (Å²) < 4.78 is 11.0. The third-order valence-corrected chi connectivity index (χ3v) is 4.58. The highest BCUT2D eigenvalue weighted by Gasteiger charge is 2.12. The number of aliphatic imine (C=N–C) groups is 1. The van der Waals surface area contributed by atoms with E-state index >= 15 is 0 Å². The van der Waals surface area contributed by atoms with Crippen molar-refractivity contribution < 1.29 is 14.6 Å². The van der Waals surface area contributed by atoms with Crippen LogP contribution < -0.4 is 4.74 Å². The molecule has 0 aliphatic carbocycles. The molecular formula is C22H28N2O3. The van der Waals surface area contributed by atoms with Gasteiger partial charge in [0.25, 0.3) is 0 Å². The van der Waals surface area contributed by atoms with Crippen LogP contribution in [-0.4, -0.2) is 49.1 Å². The van der Waals surface area contributed by atoms with Gasteiger partial charge in [0.05, 0.1) is 26.4 Å². The molecule has 0 spiro atoms. The summed E-state index contributed by atoms with van der Waals surface area (Å²) in [5.41, 5.74) is 3.20. The zero-order valence-electron chi connectivity index (χ0n) is 15.9. The molecule has 3 rings (SSSR count). The summed E-state index contributed by atoms with van der Waals surface area (Å²) in [5, 5.41) is 10.2. The average molecular weight is 368 g/mol. The Bertz CT molecular complexity index is 755. The van der Waals surface area contributed by atoms with E-state index in [-0.39, 0.29) is 5.75 Å². The van der Waals surface area contributed by atoms with Gasteiger partial charge in [0, 0.05) is 37.5 Å². The Kier molecular flexibility index (Phi) is 7.25. The molecule has 0 aromatic heterocycles. The second kappa shape index (κ2) is 10.1. The van der Waals surface area contributed by atoms with E-state index in [1.165, 1.54) is 11.1 Å². The lowest BCUT2D eigenvalue weighted by Gasteiger charge is -2.27. The topological polar surface area (TPSA) is 54.3 Å². The number of phenols is 1. The molecule has 0 unspecified atom stereocenters. The summed E-state index contributed by atoms with van der Waals surface area (Å²) in [6.45, 7) is 7.76. The number of hydrogen-bond donors (Lipinski definition) is 1. The van der Waals surface area contributed by atoms with Crippen molar-refractivity contribution in [3.8, 4) is 11.5 Å². The van der Waals surface area contributed by atoms with E-state index in [4.69, 9.17) is 9.47 Å². The Labute approximate surface area is 161 Å². The van der Waals surface area contributed by atoms with Crippen LogP contribution in [0.5, 0.6) is 11.5 Å². The van der Waals surface area contributed by atoms with Crippen LogP contribution in [0.25, 0.3) is 0 Å². The maximum Gasteiger partial charge on any atom is 0.128 e. The highest BCUT2D eigenvalue weighted by atomic mass is 16.5. The second-order valence-corrected chi connectivity index (χ2v) is 6.70. The number of nitrogens with zero attached hydrogens (tertiary/aromatic N) is 2. The molecule has 5 nitrogen and oxygen atoms in total. The fourth-order valence-corrected chi connectivity index (χ4v) is 3.05. The molecule has 2 aromatic carbocycles. The molecule has 0 amide bonds. The Morgan fingerprint density at radius 3 is 2.67 bits per heavy atom. The molecule has 0 atom stereocenters. The molecule has 0 radical (unpaired) electrons. The van der Waals surface area contributed by atoms with Crippen molar-refractivity contribution in [1.29, 1.82) is 0 Å². The van der Waals surface area contributed by atoms with Gasteiger partial charge in [0.2, 0.25) is 0 Å². The first-order chi connectivity index (χ1) is 13.3. The average Bonchev–Trinajstić information content (AvgIpc) is 2.70. The van der Waals surface area contributed by atoms with Crippen molar-refractivity contribution in [1.82, 2.24) is 4.90 Å². The molecule has 1 heterocycles. The molecule has 1 fully saturated rings. The summed E-state index contributed by atoms with van der Waals surface area (Å²) in [6.07, 6.45) is 2.66. The van der Waals surface area contributed by atoms with Gasteiger partial charge in [-0.15, -0.1) is 0 Å². The Morgan fingerprint density at radius 2 is 1.93 bits per heavy atom. The van der Waals surface area contributed by atoms with Crippen molar-refractivity contribution in [2.24, 2.45) is 4.99 Å². The number of morpholine rings is 1. The lowest BCUT2D eigenvalue weighted by atomic mass is 10.1. The molecule has 27 heavy (non-hydrogen) atoms. The van der Waals surface area contributed by atoms with Gasteiger partial charge in [-0.3, -0.25) is 9.89 Å². The lowest BCUT2D eigenvalue weighted by molar-refractivity contribution is 0.0341. The van der Waals surface area contributed by atoms with Gasteiger partial charge in [-0.2, -0.15) is 0 Å². The standard InChI is InChI=1S/C22H28N2O3/c1-2-11-27-21-8-7-19(22(25)14-21)16-23-15-18-5-3-4-6-20(18)17-24-9-12-26-13-10-24/h3-8,14,16,25H,2,9-13,15,17H2,1H3. The van der Waals surface area contributed by atoms with E-state index in [0.717, 1.165) is 39.3 Å². The van der Waals surface area contributed by atoms with Crippen molar-refractivity contribution in [2.45, 2.75) is 26.4 Å². The quantitative estimate of drug-likeness (QED) is 0.723. The third kappa shape index (κ3) is 5.81. The van der Waals surface area contributed by atoms with Gasteiger partial charge in [0.1, 0.15) is 11.5 Å². The van der Waals surface area contributed by atoms with Crippen LogP contribution in [0.15, 0.2) is 47.5 Å². The normalized spacial score (nSPS) is 15.3. The summed E-state index contributed by atoms with van der Waals surface area (Å²) in [5.74, 6) is 0.872. The highest BCUT2D eigenvalue weighted by molar-refractivity contribution is 5.83. The number of phenolic OH excluding ortho intramolecular Hbond substituents is 1. The number of rotatable bonds is 8. The minimum Gasteiger partial charge on any atom is -0.507 e. The highest BCUT2D eigenvalue weighted by Crippen LogP contribution is 2.23. The SMILES string of the molecule is CCCOc1ccc(C=NCc2ccccc2CN2CCOCC2)c(O)c1. The van der Waals surface area contributed by atoms with E-state index in [0.29, 0.717) is 24.5 Å². The van der Waals surface area contributed by atoms with Crippen molar-refractivity contribution in [3.05, 3.63) is 59.2 Å². The zero-order chi connectivity index (χ0) is 18.9. The van der Waals surface area contributed by atoms with E-state index in [1.807, 2.05) is 18.2 Å². The van der Waals surface area contributed by atoms with Gasteiger partial charge in [-0.1, -0.05) is 31.2 Å². The van der Waals surface area contributed by atoms with Gasteiger partial charge >= 0.3 is 0 Å². The van der Waals surface area contributed by atoms with Gasteiger partial charge in [0.15, 0.2) is 0 Å². The van der Waals surface area contributed by atoms with Crippen LogP contribution >= 0.6 is 0 Å². The summed E-state index contributed by atoms with van der Waals surface area (Å²) >= 11 is 0. The second-order valence-electron chi connectivity index (χ2n) is 6.70. The molecular weight excluding hydrogens is 340 g/mol. The van der Waals surface area contributed by atoms with Crippen LogP contribution in [0.1, 0.15) is 30.0 Å². The summed E-state index contributed by atoms with van der Waals surface area (Å²) in [4.78, 5) is 6.96. The molecule has 1 N–H and O–H groups in total. The van der Waals surface area contributed by atoms with Crippen molar-refractivity contribution in [2.75, 3.05) is 32.9 Å². The first-order valence-corrected chi connectivity index (χ1v) is 9.59. The molecule has 5 heteroatoms. The zero-order valence-corrected chi connectivity index (χ0v) is 15.9. The lowest BCUT2D eigenvalue weighted by Crippen LogP contribution is -2.35. The first-order valence-electron chi connectivity index (χ1n) is 9.59. The van der Waals surface area contributed by atoms with Crippen LogP contribution in [0.4, 0.5) is 0 Å². The Hall–Kier alpha value is -2.37. The van der Waals surface area contributed by atoms with E-state index in [1.54, 1.807) is 12.3 Å². The summed E-state index contributed by atoms with van der Waals surface area (Å²) in [6, 6.07) is 13.7. The van der Waals surface area contributed by atoms with Gasteiger partial charge < -0.3 is 14.6 Å². The fraction of sp³-hybridized carbons (Fsp3) is 0.409. The minimum absolute atomic E-state index is 0.189. The van der Waals surface area contributed by atoms with Gasteiger partial charge in [-0.05, 0) is 29.7 Å². The van der Waals surface area contributed by atoms with Crippen LogP contribution in [0.3, 0.4) is 0 Å². The van der Waals surface area contributed by atoms with Crippen molar-refractivity contribution >= 4 is 6.21 Å². The number of hydrogen-bond acceptors (Lipinski definition) is 5.